The monoisotopic (exact) mass is 328 g/mol. The fourth-order valence-corrected chi connectivity index (χ4v) is 2.93. The number of halogens is 2. The Kier molecular flexibility index (Phi) is 4.85. The third kappa shape index (κ3) is 3.69. The number of piperazine rings is 1. The number of hydrogen-bond donors (Lipinski definition) is 1. The van der Waals surface area contributed by atoms with Crippen LogP contribution in [0.2, 0.25) is 0 Å². The van der Waals surface area contributed by atoms with Gasteiger partial charge in [0.1, 0.15) is 5.82 Å². The zero-order chi connectivity index (χ0) is 14.0. The van der Waals surface area contributed by atoms with Crippen molar-refractivity contribution in [3.05, 3.63) is 28.5 Å². The highest BCUT2D eigenvalue weighted by molar-refractivity contribution is 9.10. The molecule has 0 bridgehead atoms. The first kappa shape index (κ1) is 14.8. The average Bonchev–Trinajstić information content (AvgIpc) is 2.34. The fourth-order valence-electron chi connectivity index (χ4n) is 2.68. The van der Waals surface area contributed by atoms with Crippen LogP contribution in [-0.2, 0) is 0 Å². The molecule has 1 aliphatic heterocycles. The predicted octanol–water partition coefficient (Wildman–Crippen LogP) is 3.80. The van der Waals surface area contributed by atoms with Gasteiger partial charge in [0.05, 0.1) is 4.47 Å². The summed E-state index contributed by atoms with van der Waals surface area (Å²) in [5.74, 6) is 0.484. The highest BCUT2D eigenvalue weighted by atomic mass is 79.9. The van der Waals surface area contributed by atoms with E-state index in [9.17, 15) is 4.39 Å². The molecule has 2 unspecified atom stereocenters. The van der Waals surface area contributed by atoms with Gasteiger partial charge in [0.25, 0.3) is 0 Å². The molecule has 1 N–H and O–H groups in total. The highest BCUT2D eigenvalue weighted by Crippen LogP contribution is 2.26. The van der Waals surface area contributed by atoms with Gasteiger partial charge in [0.2, 0.25) is 0 Å². The Morgan fingerprint density at radius 3 is 2.84 bits per heavy atom. The second kappa shape index (κ2) is 6.23. The van der Waals surface area contributed by atoms with E-state index < -0.39 is 0 Å². The molecule has 1 aromatic rings. The lowest BCUT2D eigenvalue weighted by Gasteiger charge is -2.41. The molecule has 1 aromatic carbocycles. The third-order valence-electron chi connectivity index (χ3n) is 3.64. The van der Waals surface area contributed by atoms with Crippen molar-refractivity contribution in [1.29, 1.82) is 0 Å². The van der Waals surface area contributed by atoms with Crippen LogP contribution < -0.4 is 10.2 Å². The number of anilines is 1. The Labute approximate surface area is 123 Å². The summed E-state index contributed by atoms with van der Waals surface area (Å²) in [5.41, 5.74) is 0.975. The van der Waals surface area contributed by atoms with Gasteiger partial charge in [-0.1, -0.05) is 13.8 Å². The lowest BCUT2D eigenvalue weighted by molar-refractivity contribution is 0.355. The Hall–Kier alpha value is -0.610. The topological polar surface area (TPSA) is 15.3 Å². The summed E-state index contributed by atoms with van der Waals surface area (Å²) in [7, 11) is 0. The number of rotatable bonds is 3. The van der Waals surface area contributed by atoms with E-state index >= 15 is 0 Å². The van der Waals surface area contributed by atoms with Crippen LogP contribution in [-0.4, -0.2) is 25.2 Å². The highest BCUT2D eigenvalue weighted by Gasteiger charge is 2.25. The van der Waals surface area contributed by atoms with E-state index in [4.69, 9.17) is 0 Å². The molecule has 19 heavy (non-hydrogen) atoms. The van der Waals surface area contributed by atoms with Crippen LogP contribution in [0, 0.1) is 11.7 Å². The summed E-state index contributed by atoms with van der Waals surface area (Å²) >= 11 is 3.21. The first-order valence-corrected chi connectivity index (χ1v) is 7.71. The van der Waals surface area contributed by atoms with E-state index in [2.05, 4.69) is 46.9 Å². The van der Waals surface area contributed by atoms with Crippen molar-refractivity contribution in [1.82, 2.24) is 5.32 Å². The number of nitrogens with zero attached hydrogens (tertiary/aromatic N) is 1. The van der Waals surface area contributed by atoms with Gasteiger partial charge in [0.15, 0.2) is 0 Å². The molecule has 2 rings (SSSR count). The van der Waals surface area contributed by atoms with Crippen molar-refractivity contribution >= 4 is 21.6 Å². The minimum Gasteiger partial charge on any atom is -0.366 e. The van der Waals surface area contributed by atoms with E-state index in [1.807, 2.05) is 6.07 Å². The van der Waals surface area contributed by atoms with Crippen LogP contribution >= 0.6 is 15.9 Å². The average molecular weight is 329 g/mol. The maximum absolute atomic E-state index is 13.7. The van der Waals surface area contributed by atoms with E-state index in [1.54, 1.807) is 12.1 Å². The summed E-state index contributed by atoms with van der Waals surface area (Å²) in [5, 5.41) is 3.58. The standard InChI is InChI=1S/C15H22BrFN2/c1-10(2)6-12-9-19(11(3)8-18-12)13-4-5-14(16)15(17)7-13/h4-5,7,10-12,18H,6,8-9H2,1-3H3. The number of nitrogens with one attached hydrogen (secondary N) is 1. The van der Waals surface area contributed by atoms with Gasteiger partial charge in [-0.15, -0.1) is 0 Å². The minimum absolute atomic E-state index is 0.191. The molecular weight excluding hydrogens is 307 g/mol. The van der Waals surface area contributed by atoms with Gasteiger partial charge in [0, 0.05) is 30.9 Å². The van der Waals surface area contributed by atoms with Crippen LogP contribution in [0.1, 0.15) is 27.2 Å². The molecule has 2 nitrogen and oxygen atoms in total. The van der Waals surface area contributed by atoms with Crippen molar-refractivity contribution in [2.75, 3.05) is 18.0 Å². The van der Waals surface area contributed by atoms with E-state index in [0.29, 0.717) is 22.5 Å². The van der Waals surface area contributed by atoms with Crippen molar-refractivity contribution < 1.29 is 4.39 Å². The molecule has 0 aromatic heterocycles. The zero-order valence-electron chi connectivity index (χ0n) is 11.8. The molecule has 0 aliphatic carbocycles. The van der Waals surface area contributed by atoms with Crippen LogP contribution in [0.25, 0.3) is 0 Å². The Bertz CT molecular complexity index is 436. The lowest BCUT2D eigenvalue weighted by atomic mass is 9.99. The lowest BCUT2D eigenvalue weighted by Crippen LogP contribution is -2.56. The number of benzene rings is 1. The zero-order valence-corrected chi connectivity index (χ0v) is 13.4. The van der Waals surface area contributed by atoms with Crippen LogP contribution in [0.3, 0.4) is 0 Å². The van der Waals surface area contributed by atoms with Gasteiger partial charge in [-0.3, -0.25) is 0 Å². The van der Waals surface area contributed by atoms with Gasteiger partial charge in [-0.2, -0.15) is 0 Å². The molecule has 0 spiro atoms. The largest absolute Gasteiger partial charge is 0.366 e. The second-order valence-electron chi connectivity index (χ2n) is 5.83. The van der Waals surface area contributed by atoms with Gasteiger partial charge in [-0.05, 0) is 53.4 Å². The van der Waals surface area contributed by atoms with E-state index in [-0.39, 0.29) is 5.82 Å². The van der Waals surface area contributed by atoms with Crippen LogP contribution in [0.4, 0.5) is 10.1 Å². The molecule has 1 heterocycles. The van der Waals surface area contributed by atoms with E-state index in [1.165, 1.54) is 0 Å². The SMILES string of the molecule is CC(C)CC1CN(c2ccc(Br)c(F)c2)C(C)CN1. The maximum Gasteiger partial charge on any atom is 0.139 e. The first-order valence-electron chi connectivity index (χ1n) is 6.92. The summed E-state index contributed by atoms with van der Waals surface area (Å²) in [6, 6.07) is 6.28. The summed E-state index contributed by atoms with van der Waals surface area (Å²) in [4.78, 5) is 2.30. The molecule has 0 radical (unpaired) electrons. The molecule has 1 aliphatic rings. The van der Waals surface area contributed by atoms with Crippen LogP contribution in [0.5, 0.6) is 0 Å². The summed E-state index contributed by atoms with van der Waals surface area (Å²) < 4.78 is 14.2. The number of hydrogen-bond acceptors (Lipinski definition) is 2. The van der Waals surface area contributed by atoms with Crippen molar-refractivity contribution in [2.45, 2.75) is 39.3 Å². The van der Waals surface area contributed by atoms with Gasteiger partial charge in [-0.25, -0.2) is 4.39 Å². The quantitative estimate of drug-likeness (QED) is 0.907. The molecule has 4 heteroatoms. The molecule has 1 saturated heterocycles. The van der Waals surface area contributed by atoms with Gasteiger partial charge >= 0.3 is 0 Å². The fraction of sp³-hybridized carbons (Fsp3) is 0.600. The first-order chi connectivity index (χ1) is 8.97. The van der Waals surface area contributed by atoms with Crippen molar-refractivity contribution in [3.63, 3.8) is 0 Å². The third-order valence-corrected chi connectivity index (χ3v) is 4.28. The smallest absolute Gasteiger partial charge is 0.139 e. The maximum atomic E-state index is 13.7. The predicted molar refractivity (Wildman–Crippen MR) is 82.2 cm³/mol. The molecular formula is C15H22BrFN2. The molecule has 2 atom stereocenters. The van der Waals surface area contributed by atoms with Crippen molar-refractivity contribution in [2.24, 2.45) is 5.92 Å². The Morgan fingerprint density at radius 1 is 1.47 bits per heavy atom. The summed E-state index contributed by atoms with van der Waals surface area (Å²) in [6.07, 6.45) is 1.15. The van der Waals surface area contributed by atoms with Gasteiger partial charge < -0.3 is 10.2 Å². The van der Waals surface area contributed by atoms with Crippen molar-refractivity contribution in [3.8, 4) is 0 Å². The molecule has 1 fully saturated rings. The summed E-state index contributed by atoms with van der Waals surface area (Å²) in [6.45, 7) is 8.56. The Balaban J connectivity index is 2.14. The molecule has 0 amide bonds. The van der Waals surface area contributed by atoms with E-state index in [0.717, 1.165) is 25.2 Å². The normalized spacial score (nSPS) is 24.0. The molecule has 106 valence electrons. The minimum atomic E-state index is -0.191. The second-order valence-corrected chi connectivity index (χ2v) is 6.69. The Morgan fingerprint density at radius 2 is 2.21 bits per heavy atom. The molecule has 0 saturated carbocycles. The van der Waals surface area contributed by atoms with Crippen LogP contribution in [0.15, 0.2) is 22.7 Å².